The summed E-state index contributed by atoms with van der Waals surface area (Å²) in [4.78, 5) is 13.1. The Morgan fingerprint density at radius 1 is 0.467 bits per heavy atom. The normalized spacial score (nSPS) is 19.9. The maximum atomic E-state index is 13.1. The molecule has 0 aromatic carbocycles. The molecule has 426 valence electrons. The first-order chi connectivity index (χ1) is 36.8. The van der Waals surface area contributed by atoms with E-state index in [9.17, 15) is 30.3 Å². The molecule has 0 radical (unpaired) electrons. The number of carbonyl (C=O) groups is 1. The summed E-state index contributed by atoms with van der Waals surface area (Å²) in [6.45, 7) is 3.63. The van der Waals surface area contributed by atoms with Crippen LogP contribution in [-0.4, -0.2) is 87.5 Å². The zero-order valence-electron chi connectivity index (χ0n) is 47.2. The van der Waals surface area contributed by atoms with Crippen LogP contribution in [0.5, 0.6) is 0 Å². The van der Waals surface area contributed by atoms with Crippen molar-refractivity contribution in [2.45, 2.75) is 262 Å². The summed E-state index contributed by atoms with van der Waals surface area (Å²) >= 11 is 0. The molecule has 1 aliphatic rings. The van der Waals surface area contributed by atoms with Crippen LogP contribution >= 0.6 is 0 Å². The number of hydrogen-bond donors (Lipinski definition) is 6. The SMILES string of the molecule is CC/C=C\C/C=C\C/C=C\C/C=C\C/C=C\C/C=C\C/C=C\C/C=C\CCCCCCCCC(=O)NC(COC1OC(CO)C(O)C(O)C1O)C(O)/C=C/CC/C=C/CC/C=C/CCCCCCCCCCCCC. The Kier molecular flexibility index (Phi) is 49.7. The molecule has 6 N–H and O–H groups in total. The molecule has 1 heterocycles. The number of carbonyl (C=O) groups excluding carboxylic acids is 1. The minimum Gasteiger partial charge on any atom is -0.394 e. The highest BCUT2D eigenvalue weighted by molar-refractivity contribution is 5.76. The molecule has 7 atom stereocenters. The van der Waals surface area contributed by atoms with Crippen LogP contribution in [0.25, 0.3) is 0 Å². The van der Waals surface area contributed by atoms with Gasteiger partial charge in [-0.3, -0.25) is 4.79 Å². The van der Waals surface area contributed by atoms with Gasteiger partial charge in [-0.05, 0) is 109 Å². The highest BCUT2D eigenvalue weighted by Gasteiger charge is 2.44. The molecular formula is C66H109NO8. The van der Waals surface area contributed by atoms with Crippen LogP contribution in [0.1, 0.15) is 219 Å². The topological polar surface area (TPSA) is 149 Å². The zero-order chi connectivity index (χ0) is 54.3. The predicted molar refractivity (Wildman–Crippen MR) is 317 cm³/mol. The van der Waals surface area contributed by atoms with E-state index in [2.05, 4.69) is 141 Å². The molecule has 0 aromatic rings. The summed E-state index contributed by atoms with van der Waals surface area (Å²) in [5.74, 6) is -0.211. The number of unbranched alkanes of at least 4 members (excludes halogenated alkanes) is 19. The standard InChI is InChI=1S/C66H109NO8/c1-3-5-7-9-11-13-15-17-19-21-23-25-26-27-28-29-30-31-32-33-34-36-38-40-42-44-46-48-50-52-54-56-62(70)67-59(58-74-66-65(73)64(72)63(71)61(57-68)75-66)60(69)55-53-51-49-47-45-43-41-39-37-35-24-22-20-18-16-14-12-10-8-6-4-2/h5,7,11,13,17,19,23,25,27-28,30-31,33-34,37-40,45,47,53,55,59-61,63-66,68-69,71-73H,3-4,6,8-10,12,14-16,18,20-22,24,26,29,32,35-36,41-44,46,48-52,54,56-58H2,1-2H3,(H,67,70)/b7-5-,13-11-,19-17-,25-23-,28-27-,31-30-,34-33-,39-37+,40-38-,47-45+,55-53+. The fourth-order valence-corrected chi connectivity index (χ4v) is 8.50. The number of aliphatic hydroxyl groups is 5. The third-order valence-corrected chi connectivity index (χ3v) is 13.2. The second-order valence-corrected chi connectivity index (χ2v) is 20.0. The monoisotopic (exact) mass is 1040 g/mol. The summed E-state index contributed by atoms with van der Waals surface area (Å²) in [6, 6.07) is -0.848. The van der Waals surface area contributed by atoms with Gasteiger partial charge in [0.1, 0.15) is 24.4 Å². The van der Waals surface area contributed by atoms with Crippen molar-refractivity contribution in [2.24, 2.45) is 0 Å². The maximum Gasteiger partial charge on any atom is 0.220 e. The second-order valence-electron chi connectivity index (χ2n) is 20.0. The number of aliphatic hydroxyl groups excluding tert-OH is 5. The Labute approximate surface area is 458 Å². The Morgan fingerprint density at radius 3 is 1.28 bits per heavy atom. The molecule has 1 fully saturated rings. The van der Waals surface area contributed by atoms with Crippen molar-refractivity contribution >= 4 is 5.91 Å². The molecule has 1 saturated heterocycles. The molecule has 0 bridgehead atoms. The number of rotatable bonds is 49. The number of amides is 1. The zero-order valence-corrected chi connectivity index (χ0v) is 47.2. The largest absolute Gasteiger partial charge is 0.394 e. The minimum absolute atomic E-state index is 0.211. The number of ether oxygens (including phenoxy) is 2. The smallest absolute Gasteiger partial charge is 0.220 e. The van der Waals surface area contributed by atoms with E-state index in [0.717, 1.165) is 128 Å². The summed E-state index contributed by atoms with van der Waals surface area (Å²) in [5, 5.41) is 54.5. The Hall–Kier alpha value is -3.67. The van der Waals surface area contributed by atoms with Crippen LogP contribution in [0.4, 0.5) is 0 Å². The van der Waals surface area contributed by atoms with E-state index in [1.54, 1.807) is 6.08 Å². The van der Waals surface area contributed by atoms with Crippen molar-refractivity contribution in [3.63, 3.8) is 0 Å². The molecule has 75 heavy (non-hydrogen) atoms. The lowest BCUT2D eigenvalue weighted by atomic mass is 9.99. The number of hydrogen-bond acceptors (Lipinski definition) is 8. The Morgan fingerprint density at radius 2 is 0.840 bits per heavy atom. The average molecular weight is 1040 g/mol. The summed E-state index contributed by atoms with van der Waals surface area (Å²) in [6.07, 6.45) is 75.1. The molecule has 0 aromatic heterocycles. The van der Waals surface area contributed by atoms with Gasteiger partial charge in [0, 0.05) is 6.42 Å². The highest BCUT2D eigenvalue weighted by atomic mass is 16.7. The van der Waals surface area contributed by atoms with Crippen LogP contribution in [0, 0.1) is 0 Å². The van der Waals surface area contributed by atoms with Crippen LogP contribution < -0.4 is 5.32 Å². The van der Waals surface area contributed by atoms with Gasteiger partial charge in [0.25, 0.3) is 0 Å². The Bertz CT molecular complexity index is 1640. The van der Waals surface area contributed by atoms with E-state index < -0.39 is 49.5 Å². The van der Waals surface area contributed by atoms with Gasteiger partial charge in [0.2, 0.25) is 5.91 Å². The van der Waals surface area contributed by atoms with Gasteiger partial charge in [-0.1, -0.05) is 237 Å². The van der Waals surface area contributed by atoms with Gasteiger partial charge in [-0.2, -0.15) is 0 Å². The molecule has 0 spiro atoms. The molecule has 0 saturated carbocycles. The van der Waals surface area contributed by atoms with E-state index in [4.69, 9.17) is 9.47 Å². The lowest BCUT2D eigenvalue weighted by molar-refractivity contribution is -0.302. The summed E-state index contributed by atoms with van der Waals surface area (Å²) in [5.41, 5.74) is 0. The molecule has 9 nitrogen and oxygen atoms in total. The molecular weight excluding hydrogens is 935 g/mol. The number of allylic oxidation sites excluding steroid dienone is 21. The summed E-state index contributed by atoms with van der Waals surface area (Å²) < 4.78 is 11.2. The van der Waals surface area contributed by atoms with Gasteiger partial charge in [0.15, 0.2) is 6.29 Å². The third kappa shape index (κ3) is 43.1. The minimum atomic E-state index is -1.59. The molecule has 1 amide bonds. The molecule has 0 aliphatic carbocycles. The van der Waals surface area contributed by atoms with Gasteiger partial charge >= 0.3 is 0 Å². The van der Waals surface area contributed by atoms with E-state index in [0.29, 0.717) is 6.42 Å². The first kappa shape index (κ1) is 69.3. The maximum absolute atomic E-state index is 13.1. The van der Waals surface area contributed by atoms with Gasteiger partial charge in [-0.15, -0.1) is 0 Å². The van der Waals surface area contributed by atoms with Crippen LogP contribution in [0.3, 0.4) is 0 Å². The highest BCUT2D eigenvalue weighted by Crippen LogP contribution is 2.23. The third-order valence-electron chi connectivity index (χ3n) is 13.2. The lowest BCUT2D eigenvalue weighted by Gasteiger charge is -2.40. The first-order valence-corrected chi connectivity index (χ1v) is 29.9. The molecule has 1 aliphatic heterocycles. The fourth-order valence-electron chi connectivity index (χ4n) is 8.50. The quantitative estimate of drug-likeness (QED) is 0.0261. The van der Waals surface area contributed by atoms with E-state index in [1.165, 1.54) is 70.6 Å². The lowest BCUT2D eigenvalue weighted by Crippen LogP contribution is -2.60. The van der Waals surface area contributed by atoms with Crippen LogP contribution in [0.15, 0.2) is 134 Å². The van der Waals surface area contributed by atoms with E-state index in [1.807, 2.05) is 6.08 Å². The van der Waals surface area contributed by atoms with Crippen molar-refractivity contribution in [1.29, 1.82) is 0 Å². The first-order valence-electron chi connectivity index (χ1n) is 29.9. The van der Waals surface area contributed by atoms with E-state index in [-0.39, 0.29) is 12.5 Å². The van der Waals surface area contributed by atoms with Crippen molar-refractivity contribution in [2.75, 3.05) is 13.2 Å². The van der Waals surface area contributed by atoms with Crippen molar-refractivity contribution in [1.82, 2.24) is 5.32 Å². The summed E-state index contributed by atoms with van der Waals surface area (Å²) in [7, 11) is 0. The second kappa shape index (κ2) is 53.7. The molecule has 1 rings (SSSR count). The Balaban J connectivity index is 2.28. The van der Waals surface area contributed by atoms with Gasteiger partial charge in [0.05, 0.1) is 25.4 Å². The van der Waals surface area contributed by atoms with Crippen molar-refractivity contribution in [3.8, 4) is 0 Å². The predicted octanol–water partition coefficient (Wildman–Crippen LogP) is 15.3. The molecule has 7 unspecified atom stereocenters. The van der Waals surface area contributed by atoms with Gasteiger partial charge < -0.3 is 40.3 Å². The van der Waals surface area contributed by atoms with Crippen molar-refractivity contribution < 1.29 is 39.8 Å². The van der Waals surface area contributed by atoms with E-state index >= 15 is 0 Å². The number of nitrogens with one attached hydrogen (secondary N) is 1. The average Bonchev–Trinajstić information content (AvgIpc) is 3.41. The van der Waals surface area contributed by atoms with Crippen LogP contribution in [0.2, 0.25) is 0 Å². The molecule has 9 heteroatoms. The van der Waals surface area contributed by atoms with Crippen molar-refractivity contribution in [3.05, 3.63) is 134 Å². The fraction of sp³-hybridized carbons (Fsp3) is 0.652. The van der Waals surface area contributed by atoms with Crippen LogP contribution in [-0.2, 0) is 14.3 Å². The van der Waals surface area contributed by atoms with Gasteiger partial charge in [-0.25, -0.2) is 0 Å².